The number of fused-ring (bicyclic) bond motifs is 4. The van der Waals surface area contributed by atoms with Gasteiger partial charge in [-0.2, -0.15) is 11.8 Å². The summed E-state index contributed by atoms with van der Waals surface area (Å²) in [7, 11) is -4.87. The van der Waals surface area contributed by atoms with Crippen LogP contribution in [0.4, 0.5) is 11.4 Å². The second-order valence-corrected chi connectivity index (χ2v) is 14.7. The number of aromatic amines is 1. The molecule has 2 atom stereocenters. The Labute approximate surface area is 339 Å². The van der Waals surface area contributed by atoms with Gasteiger partial charge in [0.05, 0.1) is 22.8 Å². The number of aromatic nitrogens is 1. The molecule has 1 fully saturated rings. The Morgan fingerprint density at radius 2 is 1.79 bits per heavy atom. The van der Waals surface area contributed by atoms with Gasteiger partial charge in [0, 0.05) is 97.5 Å². The number of phosphoric ester groups is 1. The zero-order valence-electron chi connectivity index (χ0n) is 28.5. The first-order chi connectivity index (χ1) is 24.9. The Morgan fingerprint density at radius 3 is 2.40 bits per heavy atom. The number of nitrogens with zero attached hydrogens (tertiary/aromatic N) is 2. The second kappa shape index (κ2) is 17.3. The molecule has 2 aliphatic rings. The number of hydrogen-bond acceptors (Lipinski definition) is 8. The number of thioether (sulfide) groups is 1. The molecular weight excluding hydrogens is 816 g/mol. The van der Waals surface area contributed by atoms with Crippen molar-refractivity contribution in [1.82, 2.24) is 4.98 Å². The minimum Gasteiger partial charge on any atom is -0.595 e. The summed E-state index contributed by atoms with van der Waals surface area (Å²) in [5, 5.41) is 8.16. The van der Waals surface area contributed by atoms with E-state index in [1.165, 1.54) is 17.8 Å². The van der Waals surface area contributed by atoms with Crippen molar-refractivity contribution in [2.75, 3.05) is 35.4 Å². The molecule has 3 amide bonds. The number of H-pyrrole nitrogens is 1. The van der Waals surface area contributed by atoms with Crippen molar-refractivity contribution in [2.45, 2.75) is 24.0 Å². The van der Waals surface area contributed by atoms with Crippen LogP contribution in [0.3, 0.4) is 0 Å². The number of phosphoric acid groups is 1. The Kier molecular flexibility index (Phi) is 13.3. The third kappa shape index (κ3) is 9.23. The summed E-state index contributed by atoms with van der Waals surface area (Å²) in [6, 6.07) is 23.2. The molecule has 0 saturated carbocycles. The number of amides is 3. The van der Waals surface area contributed by atoms with Crippen LogP contribution in [0.25, 0.3) is 27.0 Å². The van der Waals surface area contributed by atoms with Crippen LogP contribution in [0.5, 0.6) is 5.75 Å². The van der Waals surface area contributed by atoms with Crippen LogP contribution in [0.2, 0.25) is 0 Å². The first-order valence-electron chi connectivity index (χ1n) is 16.2. The number of anilines is 2. The van der Waals surface area contributed by atoms with Gasteiger partial charge in [-0.05, 0) is 65.2 Å². The van der Waals surface area contributed by atoms with Crippen LogP contribution < -0.4 is 14.7 Å². The number of benzene rings is 4. The van der Waals surface area contributed by atoms with Crippen LogP contribution in [-0.4, -0.2) is 68.8 Å². The molecule has 0 bridgehead atoms. The smallest absolute Gasteiger partial charge is 0.524 e. The monoisotopic (exact) mass is 849 g/mol. The molecule has 2 aliphatic heterocycles. The van der Waals surface area contributed by atoms with Crippen LogP contribution >= 0.6 is 31.2 Å². The van der Waals surface area contributed by atoms with E-state index in [-0.39, 0.29) is 85.4 Å². The van der Waals surface area contributed by atoms with E-state index in [0.29, 0.717) is 47.2 Å². The van der Waals surface area contributed by atoms with Gasteiger partial charge in [0.15, 0.2) is 5.78 Å². The van der Waals surface area contributed by atoms with E-state index < -0.39 is 7.82 Å². The van der Waals surface area contributed by atoms with Gasteiger partial charge >= 0.3 is 7.82 Å². The SMILES string of the molecule is CSC1CC(=O)[N-]C1=O.[CH2-]CNc1ccc(C(=O)Cc2ccc3[nH]c(C(=O)N4C[C@@H](CCl)c5c4cc(OP(=O)(O)O)c4ccccc54)cc3c2)cc1.[Y]. The summed E-state index contributed by atoms with van der Waals surface area (Å²) >= 11 is 7.73. The molecule has 0 spiro atoms. The van der Waals surface area contributed by atoms with Crippen LogP contribution in [0.15, 0.2) is 78.9 Å². The summed E-state index contributed by atoms with van der Waals surface area (Å²) in [6.45, 7) is 4.60. The maximum absolute atomic E-state index is 13.9. The number of alkyl halides is 1. The van der Waals surface area contributed by atoms with Crippen molar-refractivity contribution < 1.29 is 70.8 Å². The maximum Gasteiger partial charge on any atom is 0.524 e. The maximum atomic E-state index is 13.9. The van der Waals surface area contributed by atoms with Crippen molar-refractivity contribution in [3.8, 4) is 5.75 Å². The molecule has 1 radical (unpaired) electrons. The van der Waals surface area contributed by atoms with E-state index in [0.717, 1.165) is 27.7 Å². The van der Waals surface area contributed by atoms with E-state index in [2.05, 4.69) is 22.5 Å². The summed E-state index contributed by atoms with van der Waals surface area (Å²) in [6.07, 6.45) is 2.30. The quantitative estimate of drug-likeness (QED) is 0.0376. The van der Waals surface area contributed by atoms with Gasteiger partial charge in [-0.25, -0.2) is 4.57 Å². The summed E-state index contributed by atoms with van der Waals surface area (Å²) in [5.41, 5.74) is 4.70. The average molecular weight is 850 g/mol. The first-order valence-corrected chi connectivity index (χ1v) is 19.5. The number of nitrogens with one attached hydrogen (secondary N) is 2. The predicted molar refractivity (Wildman–Crippen MR) is 204 cm³/mol. The van der Waals surface area contributed by atoms with E-state index in [1.807, 2.05) is 42.5 Å². The standard InChI is InChI=1S/C32H28ClN3O6P.C5H7NO2S.Y/c1-2-34-23-10-8-20(9-11-23)29(37)14-19-7-12-26-21(13-19)15-27(35-26)32(38)36-18-22(17-33)31-25-6-4-3-5-24(25)30(16-28(31)36)42-43(39,40)41;1-9-3-2-4(7)6-5(3)8;/h3-13,15-16,22,34-35H,1-2,14,17-18H2,(H2,39,40,41);3H,2H2,1H3,(H,6,7,8);/q-1;;/p-1/t22-;;/m1../s1. The number of carbonyl (C=O) groups excluding carboxylic acids is 4. The van der Waals surface area contributed by atoms with E-state index in [9.17, 15) is 33.5 Å². The molecule has 273 valence electrons. The topological polar surface area (TPSA) is 180 Å². The number of carbonyl (C=O) groups is 4. The molecule has 16 heteroatoms. The number of rotatable bonds is 10. The van der Waals surface area contributed by atoms with Gasteiger partial charge in [-0.15, -0.1) is 18.1 Å². The normalized spacial score (nSPS) is 16.4. The number of ketones is 1. The Bertz CT molecular complexity index is 2250. The van der Waals surface area contributed by atoms with Gasteiger partial charge in [0.1, 0.15) is 11.4 Å². The molecule has 1 saturated heterocycles. The number of Topliss-reactive ketones (excluding diaryl/α,β-unsaturated/α-hetero) is 1. The minimum atomic E-state index is -4.87. The first kappa shape index (κ1) is 40.6. The third-order valence-corrected chi connectivity index (χ3v) is 10.5. The second-order valence-electron chi connectivity index (χ2n) is 12.2. The van der Waals surface area contributed by atoms with Gasteiger partial charge in [0.2, 0.25) is 0 Å². The van der Waals surface area contributed by atoms with Crippen LogP contribution in [0.1, 0.15) is 44.3 Å². The number of halogens is 1. The Morgan fingerprint density at radius 1 is 1.08 bits per heavy atom. The number of hydrogen-bond donors (Lipinski definition) is 4. The van der Waals surface area contributed by atoms with Gasteiger partial charge < -0.3 is 41.6 Å². The molecule has 5 aromatic rings. The fraction of sp³-hybridized carbons (Fsp3) is 0.216. The van der Waals surface area contributed by atoms with E-state index in [1.54, 1.807) is 41.5 Å². The van der Waals surface area contributed by atoms with Crippen molar-refractivity contribution >= 4 is 87.7 Å². The van der Waals surface area contributed by atoms with Crippen molar-refractivity contribution in [1.29, 1.82) is 0 Å². The fourth-order valence-corrected chi connectivity index (χ4v) is 7.59. The molecule has 53 heavy (non-hydrogen) atoms. The van der Waals surface area contributed by atoms with Crippen LogP contribution in [-0.2, 0) is 53.3 Å². The Balaban J connectivity index is 0.000000475. The van der Waals surface area contributed by atoms with Crippen molar-refractivity contribution in [3.63, 3.8) is 0 Å². The molecule has 4 aromatic carbocycles. The molecule has 12 nitrogen and oxygen atoms in total. The molecule has 1 aromatic heterocycles. The van der Waals surface area contributed by atoms with Crippen molar-refractivity contribution in [2.24, 2.45) is 0 Å². The zero-order chi connectivity index (χ0) is 37.2. The molecule has 4 N–H and O–H groups in total. The summed E-state index contributed by atoms with van der Waals surface area (Å²) in [4.78, 5) is 71.7. The van der Waals surface area contributed by atoms with Gasteiger partial charge in [-0.3, -0.25) is 19.4 Å². The molecule has 3 heterocycles. The third-order valence-electron chi connectivity index (χ3n) is 8.75. The van der Waals surface area contributed by atoms with E-state index in [4.69, 9.17) is 16.1 Å². The molecular formula is C37H34ClN4O8PSY-2. The average Bonchev–Trinajstić information content (AvgIpc) is 3.81. The zero-order valence-corrected chi connectivity index (χ0v) is 33.8. The molecule has 0 aliphatic carbocycles. The fourth-order valence-electron chi connectivity index (χ4n) is 6.36. The Hall–Kier alpha value is -3.55. The van der Waals surface area contributed by atoms with Gasteiger partial charge in [0.25, 0.3) is 5.91 Å². The van der Waals surface area contributed by atoms with Crippen molar-refractivity contribution in [3.05, 3.63) is 113 Å². The minimum absolute atomic E-state index is 0. The molecule has 7 rings (SSSR count). The number of imide groups is 1. The predicted octanol–water partition coefficient (Wildman–Crippen LogP) is 6.99. The van der Waals surface area contributed by atoms with Crippen LogP contribution in [0, 0.1) is 6.92 Å². The summed E-state index contributed by atoms with van der Waals surface area (Å²) < 4.78 is 16.8. The largest absolute Gasteiger partial charge is 0.595 e. The van der Waals surface area contributed by atoms with E-state index >= 15 is 0 Å². The van der Waals surface area contributed by atoms with Gasteiger partial charge in [-0.1, -0.05) is 30.3 Å². The summed E-state index contributed by atoms with van der Waals surface area (Å²) in [5.74, 6) is -0.856. The molecule has 1 unspecified atom stereocenters.